The molecular formula is C20H21F2N3O2. The summed E-state index contributed by atoms with van der Waals surface area (Å²) in [5, 5.41) is 2.71. The molecule has 1 heterocycles. The van der Waals surface area contributed by atoms with Crippen molar-refractivity contribution in [3.05, 3.63) is 65.2 Å². The number of carbonyl (C=O) groups is 2. The second-order valence-electron chi connectivity index (χ2n) is 6.45. The van der Waals surface area contributed by atoms with Gasteiger partial charge >= 0.3 is 6.03 Å². The summed E-state index contributed by atoms with van der Waals surface area (Å²) in [7, 11) is 0. The van der Waals surface area contributed by atoms with Gasteiger partial charge in [-0.2, -0.15) is 0 Å². The molecule has 0 spiro atoms. The number of anilines is 1. The summed E-state index contributed by atoms with van der Waals surface area (Å²) < 4.78 is 27.9. The van der Waals surface area contributed by atoms with Crippen LogP contribution in [-0.4, -0.2) is 42.9 Å². The molecular weight excluding hydrogens is 352 g/mol. The number of rotatable bonds is 4. The fourth-order valence-electron chi connectivity index (χ4n) is 3.06. The van der Waals surface area contributed by atoms with Gasteiger partial charge in [0, 0.05) is 43.9 Å². The number of urea groups is 1. The summed E-state index contributed by atoms with van der Waals surface area (Å²) in [5.74, 6) is -0.982. The zero-order valence-corrected chi connectivity index (χ0v) is 15.0. The number of nitrogens with one attached hydrogen (secondary N) is 1. The van der Waals surface area contributed by atoms with Crippen LogP contribution in [-0.2, 0) is 6.54 Å². The van der Waals surface area contributed by atoms with Crippen LogP contribution in [0.15, 0.2) is 42.5 Å². The summed E-state index contributed by atoms with van der Waals surface area (Å²) in [6.45, 7) is 3.32. The molecule has 5 nitrogen and oxygen atoms in total. The SMILES string of the molecule is CC(=O)c1ccc(N2CCN(C(=O)NCc3ccccc3F)CC2)c(F)c1. The fraction of sp³-hybridized carbons (Fsp3) is 0.300. The molecule has 2 amide bonds. The molecule has 0 bridgehead atoms. The summed E-state index contributed by atoms with van der Waals surface area (Å²) in [5.41, 5.74) is 1.19. The number of benzene rings is 2. The lowest BCUT2D eigenvalue weighted by atomic mass is 10.1. The minimum absolute atomic E-state index is 0.118. The molecule has 1 N–H and O–H groups in total. The Morgan fingerprint density at radius 1 is 1.00 bits per heavy atom. The highest BCUT2D eigenvalue weighted by atomic mass is 19.1. The minimum atomic E-state index is -0.444. The smallest absolute Gasteiger partial charge is 0.317 e. The average Bonchev–Trinajstić information content (AvgIpc) is 2.67. The summed E-state index contributed by atoms with van der Waals surface area (Å²) in [6.07, 6.45) is 0. The molecule has 1 aliphatic rings. The van der Waals surface area contributed by atoms with E-state index in [0.29, 0.717) is 43.0 Å². The number of ketones is 1. The molecule has 0 saturated carbocycles. The molecule has 2 aromatic rings. The van der Waals surface area contributed by atoms with E-state index in [9.17, 15) is 18.4 Å². The fourth-order valence-corrected chi connectivity index (χ4v) is 3.06. The van der Waals surface area contributed by atoms with Crippen molar-refractivity contribution >= 4 is 17.5 Å². The molecule has 2 aromatic carbocycles. The van der Waals surface area contributed by atoms with E-state index in [0.717, 1.165) is 0 Å². The normalized spacial score (nSPS) is 14.2. The molecule has 1 aliphatic heterocycles. The van der Waals surface area contributed by atoms with Crippen molar-refractivity contribution in [3.8, 4) is 0 Å². The Morgan fingerprint density at radius 2 is 1.70 bits per heavy atom. The van der Waals surface area contributed by atoms with Crippen LogP contribution >= 0.6 is 0 Å². The van der Waals surface area contributed by atoms with Gasteiger partial charge in [0.25, 0.3) is 0 Å². The van der Waals surface area contributed by atoms with Gasteiger partial charge in [0.2, 0.25) is 0 Å². The van der Waals surface area contributed by atoms with Crippen molar-refractivity contribution in [1.29, 1.82) is 0 Å². The first kappa shape index (κ1) is 18.8. The largest absolute Gasteiger partial charge is 0.366 e. The third kappa shape index (κ3) is 4.42. The van der Waals surface area contributed by atoms with Crippen molar-refractivity contribution < 1.29 is 18.4 Å². The van der Waals surface area contributed by atoms with Crippen molar-refractivity contribution in [1.82, 2.24) is 10.2 Å². The van der Waals surface area contributed by atoms with Gasteiger partial charge < -0.3 is 15.1 Å². The van der Waals surface area contributed by atoms with Crippen LogP contribution in [0.25, 0.3) is 0 Å². The topological polar surface area (TPSA) is 52.7 Å². The van der Waals surface area contributed by atoms with E-state index in [1.54, 1.807) is 35.2 Å². The van der Waals surface area contributed by atoms with E-state index in [2.05, 4.69) is 5.32 Å². The number of nitrogens with zero attached hydrogens (tertiary/aromatic N) is 2. The van der Waals surface area contributed by atoms with Crippen LogP contribution in [0.2, 0.25) is 0 Å². The second-order valence-corrected chi connectivity index (χ2v) is 6.45. The predicted molar refractivity (Wildman–Crippen MR) is 98.8 cm³/mol. The first-order valence-corrected chi connectivity index (χ1v) is 8.77. The van der Waals surface area contributed by atoms with Gasteiger partial charge in [0.1, 0.15) is 11.6 Å². The molecule has 27 heavy (non-hydrogen) atoms. The number of amides is 2. The average molecular weight is 373 g/mol. The summed E-state index contributed by atoms with van der Waals surface area (Å²) in [6, 6.07) is 10.5. The number of hydrogen-bond acceptors (Lipinski definition) is 3. The molecule has 0 aliphatic carbocycles. The van der Waals surface area contributed by atoms with E-state index in [-0.39, 0.29) is 24.2 Å². The molecule has 3 rings (SSSR count). The van der Waals surface area contributed by atoms with Crippen LogP contribution in [0.5, 0.6) is 0 Å². The third-order valence-electron chi connectivity index (χ3n) is 4.65. The lowest BCUT2D eigenvalue weighted by Crippen LogP contribution is -2.52. The monoisotopic (exact) mass is 373 g/mol. The summed E-state index contributed by atoms with van der Waals surface area (Å²) >= 11 is 0. The van der Waals surface area contributed by atoms with Crippen LogP contribution in [0.1, 0.15) is 22.8 Å². The van der Waals surface area contributed by atoms with E-state index in [1.165, 1.54) is 19.1 Å². The molecule has 1 saturated heterocycles. The Balaban J connectivity index is 1.55. The molecule has 0 aromatic heterocycles. The molecule has 142 valence electrons. The highest BCUT2D eigenvalue weighted by Crippen LogP contribution is 2.22. The third-order valence-corrected chi connectivity index (χ3v) is 4.65. The van der Waals surface area contributed by atoms with Crippen molar-refractivity contribution in [2.24, 2.45) is 0 Å². The quantitative estimate of drug-likeness (QED) is 0.838. The lowest BCUT2D eigenvalue weighted by molar-refractivity contribution is 0.101. The van der Waals surface area contributed by atoms with Gasteiger partial charge in [0.15, 0.2) is 5.78 Å². The first-order chi connectivity index (χ1) is 13.0. The predicted octanol–water partition coefficient (Wildman–Crippen LogP) is 3.20. The molecule has 0 atom stereocenters. The van der Waals surface area contributed by atoms with E-state index < -0.39 is 5.82 Å². The maximum absolute atomic E-state index is 14.3. The Kier molecular flexibility index (Phi) is 5.69. The lowest BCUT2D eigenvalue weighted by Gasteiger charge is -2.36. The van der Waals surface area contributed by atoms with Crippen LogP contribution in [0.3, 0.4) is 0 Å². The number of hydrogen-bond donors (Lipinski definition) is 1. The van der Waals surface area contributed by atoms with Gasteiger partial charge in [0.05, 0.1) is 5.69 Å². The number of Topliss-reactive ketones (excluding diaryl/α,β-unsaturated/α-hetero) is 1. The molecule has 7 heteroatoms. The van der Waals surface area contributed by atoms with Gasteiger partial charge in [-0.15, -0.1) is 0 Å². The standard InChI is InChI=1S/C20H21F2N3O2/c1-14(26)15-6-7-19(18(22)12-15)24-8-10-25(11-9-24)20(27)23-13-16-4-2-3-5-17(16)21/h2-7,12H,8-11,13H2,1H3,(H,23,27). The number of carbonyl (C=O) groups excluding carboxylic acids is 2. The van der Waals surface area contributed by atoms with E-state index in [1.807, 2.05) is 4.90 Å². The second kappa shape index (κ2) is 8.16. The maximum atomic E-state index is 14.3. The Labute approximate surface area is 156 Å². The highest BCUT2D eigenvalue weighted by Gasteiger charge is 2.23. The Morgan fingerprint density at radius 3 is 2.33 bits per heavy atom. The van der Waals surface area contributed by atoms with Crippen LogP contribution in [0, 0.1) is 11.6 Å². The van der Waals surface area contributed by atoms with Crippen LogP contribution in [0.4, 0.5) is 19.3 Å². The van der Waals surface area contributed by atoms with Gasteiger partial charge in [-0.25, -0.2) is 13.6 Å². The zero-order valence-electron chi connectivity index (χ0n) is 15.0. The highest BCUT2D eigenvalue weighted by molar-refractivity contribution is 5.94. The summed E-state index contributed by atoms with van der Waals surface area (Å²) in [4.78, 5) is 27.1. The van der Waals surface area contributed by atoms with Crippen molar-refractivity contribution in [2.45, 2.75) is 13.5 Å². The Bertz CT molecular complexity index is 849. The number of piperazine rings is 1. The number of halogens is 2. The molecule has 0 unspecified atom stereocenters. The van der Waals surface area contributed by atoms with Crippen molar-refractivity contribution in [3.63, 3.8) is 0 Å². The van der Waals surface area contributed by atoms with E-state index >= 15 is 0 Å². The van der Waals surface area contributed by atoms with Gasteiger partial charge in [-0.05, 0) is 31.2 Å². The van der Waals surface area contributed by atoms with Crippen LogP contribution < -0.4 is 10.2 Å². The Hall–Kier alpha value is -2.96. The zero-order chi connectivity index (χ0) is 19.4. The molecule has 0 radical (unpaired) electrons. The minimum Gasteiger partial charge on any atom is -0.366 e. The van der Waals surface area contributed by atoms with Gasteiger partial charge in [-0.1, -0.05) is 18.2 Å². The van der Waals surface area contributed by atoms with E-state index in [4.69, 9.17) is 0 Å². The maximum Gasteiger partial charge on any atom is 0.317 e. The first-order valence-electron chi connectivity index (χ1n) is 8.77. The van der Waals surface area contributed by atoms with Crippen molar-refractivity contribution in [2.75, 3.05) is 31.1 Å². The van der Waals surface area contributed by atoms with Gasteiger partial charge in [-0.3, -0.25) is 4.79 Å². The molecule has 1 fully saturated rings.